The molecule has 7 nitrogen and oxygen atoms in total. The van der Waals surface area contributed by atoms with Crippen LogP contribution in [0.5, 0.6) is 0 Å². The van der Waals surface area contributed by atoms with Crippen molar-refractivity contribution in [3.8, 4) is 6.07 Å². The van der Waals surface area contributed by atoms with Crippen LogP contribution in [0.4, 0.5) is 5.69 Å². The SMILES string of the molecule is CC1=NC(c2ccc(C#N)cc2NC(=O)C2CC2)=CCN1CC(=O)NC(C)(C)C. The maximum Gasteiger partial charge on any atom is 0.239 e. The molecule has 0 spiro atoms. The van der Waals surface area contributed by atoms with Crippen molar-refractivity contribution in [2.24, 2.45) is 10.9 Å². The van der Waals surface area contributed by atoms with Crippen molar-refractivity contribution in [2.45, 2.75) is 46.1 Å². The Morgan fingerprint density at radius 2 is 2.03 bits per heavy atom. The van der Waals surface area contributed by atoms with E-state index in [0.29, 0.717) is 17.8 Å². The number of amidine groups is 1. The number of benzene rings is 1. The Morgan fingerprint density at radius 3 is 2.62 bits per heavy atom. The number of nitrogens with one attached hydrogen (secondary N) is 2. The molecule has 2 amide bonds. The molecule has 1 heterocycles. The lowest BCUT2D eigenvalue weighted by molar-refractivity contribution is -0.122. The fraction of sp³-hybridized carbons (Fsp3) is 0.455. The fourth-order valence-electron chi connectivity index (χ4n) is 3.12. The van der Waals surface area contributed by atoms with Gasteiger partial charge in [0.05, 0.1) is 29.6 Å². The third-order valence-corrected chi connectivity index (χ3v) is 4.72. The van der Waals surface area contributed by atoms with E-state index in [2.05, 4.69) is 21.7 Å². The summed E-state index contributed by atoms with van der Waals surface area (Å²) in [5.41, 5.74) is 2.30. The van der Waals surface area contributed by atoms with Crippen molar-refractivity contribution >= 4 is 29.0 Å². The monoisotopic (exact) mass is 393 g/mol. The van der Waals surface area contributed by atoms with Gasteiger partial charge in [-0.1, -0.05) is 0 Å². The zero-order chi connectivity index (χ0) is 21.2. The highest BCUT2D eigenvalue weighted by atomic mass is 16.2. The summed E-state index contributed by atoms with van der Waals surface area (Å²) < 4.78 is 0. The summed E-state index contributed by atoms with van der Waals surface area (Å²) in [5.74, 6) is 0.727. The van der Waals surface area contributed by atoms with E-state index in [1.807, 2.05) is 44.7 Å². The van der Waals surface area contributed by atoms with Crippen molar-refractivity contribution in [3.63, 3.8) is 0 Å². The molecule has 1 aliphatic heterocycles. The molecule has 3 rings (SSSR count). The van der Waals surface area contributed by atoms with Crippen molar-refractivity contribution in [3.05, 3.63) is 35.4 Å². The largest absolute Gasteiger partial charge is 0.350 e. The van der Waals surface area contributed by atoms with Gasteiger partial charge in [-0.05, 0) is 64.8 Å². The predicted molar refractivity (Wildman–Crippen MR) is 113 cm³/mol. The fourth-order valence-corrected chi connectivity index (χ4v) is 3.12. The molecule has 0 aromatic heterocycles. The first-order valence-electron chi connectivity index (χ1n) is 9.83. The van der Waals surface area contributed by atoms with E-state index in [4.69, 9.17) is 0 Å². The molecule has 1 saturated carbocycles. The summed E-state index contributed by atoms with van der Waals surface area (Å²) in [5, 5.41) is 15.1. The first kappa shape index (κ1) is 20.6. The van der Waals surface area contributed by atoms with Gasteiger partial charge < -0.3 is 15.5 Å². The molecule has 0 bridgehead atoms. The lowest BCUT2D eigenvalue weighted by atomic mass is 10.0. The van der Waals surface area contributed by atoms with Gasteiger partial charge in [0.15, 0.2) is 0 Å². The Balaban J connectivity index is 1.77. The Kier molecular flexibility index (Phi) is 5.73. The van der Waals surface area contributed by atoms with Crippen LogP contribution in [0.1, 0.15) is 51.7 Å². The standard InChI is InChI=1S/C22H27N5O2/c1-14-24-18(9-10-27(14)13-20(28)26-22(2,3)4)17-8-5-15(12-23)11-19(17)25-21(29)16-6-7-16/h5,8-9,11,16H,6-7,10,13H2,1-4H3,(H,25,29)(H,26,28). The third kappa shape index (κ3) is 5.44. The second kappa shape index (κ2) is 8.08. The van der Waals surface area contributed by atoms with E-state index < -0.39 is 0 Å². The zero-order valence-corrected chi connectivity index (χ0v) is 17.4. The van der Waals surface area contributed by atoms with Gasteiger partial charge >= 0.3 is 0 Å². The number of carbonyl (C=O) groups excluding carboxylic acids is 2. The van der Waals surface area contributed by atoms with Gasteiger partial charge in [-0.15, -0.1) is 0 Å². The Hall–Kier alpha value is -3.14. The first-order valence-corrected chi connectivity index (χ1v) is 9.83. The van der Waals surface area contributed by atoms with E-state index in [0.717, 1.165) is 29.9 Å². The second-order valence-corrected chi connectivity index (χ2v) is 8.56. The van der Waals surface area contributed by atoms with Crippen LogP contribution in [0, 0.1) is 17.2 Å². The lowest BCUT2D eigenvalue weighted by Crippen LogP contribution is -2.47. The number of amides is 2. The highest BCUT2D eigenvalue weighted by Gasteiger charge is 2.30. The maximum atomic E-state index is 12.3. The van der Waals surface area contributed by atoms with Crippen molar-refractivity contribution in [2.75, 3.05) is 18.4 Å². The number of aliphatic imine (C=N–C) groups is 1. The number of hydrogen-bond donors (Lipinski definition) is 2. The average molecular weight is 393 g/mol. The zero-order valence-electron chi connectivity index (χ0n) is 17.4. The van der Waals surface area contributed by atoms with Gasteiger partial charge in [0.25, 0.3) is 0 Å². The quantitative estimate of drug-likeness (QED) is 0.804. The normalized spacial score (nSPS) is 16.4. The highest BCUT2D eigenvalue weighted by Crippen LogP contribution is 2.33. The number of rotatable bonds is 5. The molecule has 0 radical (unpaired) electrons. The molecule has 1 fully saturated rings. The molecule has 0 saturated heterocycles. The molecule has 7 heteroatoms. The summed E-state index contributed by atoms with van der Waals surface area (Å²) in [6.07, 6.45) is 3.75. The molecule has 1 aromatic rings. The van der Waals surface area contributed by atoms with Gasteiger partial charge in [-0.3, -0.25) is 9.59 Å². The molecule has 152 valence electrons. The van der Waals surface area contributed by atoms with Gasteiger partial charge in [0.2, 0.25) is 11.8 Å². The van der Waals surface area contributed by atoms with Crippen molar-refractivity contribution < 1.29 is 9.59 Å². The van der Waals surface area contributed by atoms with Crippen LogP contribution in [0.25, 0.3) is 5.70 Å². The topological polar surface area (TPSA) is 97.6 Å². The number of nitriles is 1. The Labute approximate surface area is 171 Å². The molecule has 2 N–H and O–H groups in total. The van der Waals surface area contributed by atoms with E-state index >= 15 is 0 Å². The molecule has 0 atom stereocenters. The van der Waals surface area contributed by atoms with Crippen LogP contribution in [-0.2, 0) is 9.59 Å². The first-order chi connectivity index (χ1) is 13.7. The van der Waals surface area contributed by atoms with Crippen LogP contribution < -0.4 is 10.6 Å². The summed E-state index contributed by atoms with van der Waals surface area (Å²) >= 11 is 0. The van der Waals surface area contributed by atoms with Crippen LogP contribution >= 0.6 is 0 Å². The maximum absolute atomic E-state index is 12.3. The van der Waals surface area contributed by atoms with Crippen LogP contribution in [0.2, 0.25) is 0 Å². The van der Waals surface area contributed by atoms with Gasteiger partial charge in [-0.25, -0.2) is 4.99 Å². The van der Waals surface area contributed by atoms with E-state index in [1.54, 1.807) is 12.1 Å². The minimum absolute atomic E-state index is 0.0149. The lowest BCUT2D eigenvalue weighted by Gasteiger charge is -2.28. The summed E-state index contributed by atoms with van der Waals surface area (Å²) in [4.78, 5) is 31.0. The molecule has 2 aliphatic rings. The van der Waals surface area contributed by atoms with E-state index in [1.165, 1.54) is 0 Å². The third-order valence-electron chi connectivity index (χ3n) is 4.72. The Morgan fingerprint density at radius 1 is 1.31 bits per heavy atom. The minimum Gasteiger partial charge on any atom is -0.350 e. The highest BCUT2D eigenvalue weighted by molar-refractivity contribution is 5.99. The van der Waals surface area contributed by atoms with Crippen LogP contribution in [-0.4, -0.2) is 41.2 Å². The smallest absolute Gasteiger partial charge is 0.239 e. The minimum atomic E-state index is -0.282. The predicted octanol–water partition coefficient (Wildman–Crippen LogP) is 2.90. The van der Waals surface area contributed by atoms with E-state index in [-0.39, 0.29) is 29.8 Å². The molecular weight excluding hydrogens is 366 g/mol. The van der Waals surface area contributed by atoms with Gasteiger partial charge in [0, 0.05) is 23.6 Å². The van der Waals surface area contributed by atoms with Crippen LogP contribution in [0.3, 0.4) is 0 Å². The second-order valence-electron chi connectivity index (χ2n) is 8.56. The number of anilines is 1. The molecule has 1 aromatic carbocycles. The molecule has 29 heavy (non-hydrogen) atoms. The molecule has 1 aliphatic carbocycles. The van der Waals surface area contributed by atoms with Gasteiger partial charge in [-0.2, -0.15) is 5.26 Å². The number of nitrogens with zero attached hydrogens (tertiary/aromatic N) is 3. The number of hydrogen-bond acceptors (Lipinski definition) is 5. The summed E-state index contributed by atoms with van der Waals surface area (Å²) in [7, 11) is 0. The average Bonchev–Trinajstić information content (AvgIpc) is 3.47. The van der Waals surface area contributed by atoms with Crippen molar-refractivity contribution in [1.82, 2.24) is 10.2 Å². The van der Waals surface area contributed by atoms with Crippen molar-refractivity contribution in [1.29, 1.82) is 5.26 Å². The summed E-state index contributed by atoms with van der Waals surface area (Å²) in [6, 6.07) is 7.33. The molecule has 0 unspecified atom stereocenters. The summed E-state index contributed by atoms with van der Waals surface area (Å²) in [6.45, 7) is 8.48. The van der Waals surface area contributed by atoms with Crippen LogP contribution in [0.15, 0.2) is 29.3 Å². The van der Waals surface area contributed by atoms with E-state index in [9.17, 15) is 14.9 Å². The number of carbonyl (C=O) groups is 2. The van der Waals surface area contributed by atoms with Gasteiger partial charge in [0.1, 0.15) is 5.84 Å². The Bertz CT molecular complexity index is 930. The molecular formula is C22H27N5O2.